The minimum atomic E-state index is -0.207. The maximum absolute atomic E-state index is 11.9. The molecule has 0 aliphatic carbocycles. The first-order valence-electron chi connectivity index (χ1n) is 6.68. The molecule has 2 rings (SSSR count). The maximum atomic E-state index is 11.9. The monoisotopic (exact) mass is 273 g/mol. The Labute approximate surface area is 118 Å². The van der Waals surface area contributed by atoms with Crippen molar-refractivity contribution in [2.24, 2.45) is 5.73 Å². The highest BCUT2D eigenvalue weighted by Gasteiger charge is 2.10. The lowest BCUT2D eigenvalue weighted by atomic mass is 10.2. The molecule has 0 saturated carbocycles. The largest absolute Gasteiger partial charge is 0.351 e. The Hall–Kier alpha value is -2.21. The van der Waals surface area contributed by atoms with Crippen molar-refractivity contribution in [1.29, 1.82) is 0 Å². The van der Waals surface area contributed by atoms with Crippen LogP contribution in [-0.2, 0) is 0 Å². The Morgan fingerprint density at radius 3 is 3.00 bits per heavy atom. The van der Waals surface area contributed by atoms with Gasteiger partial charge in [0.15, 0.2) is 5.69 Å². The number of aryl methyl sites for hydroxylation is 1. The van der Waals surface area contributed by atoms with Crippen LogP contribution in [0.2, 0.25) is 0 Å². The van der Waals surface area contributed by atoms with Gasteiger partial charge in [0.05, 0.1) is 11.9 Å². The SMILES string of the molecule is Cc1cccc(-n2cc(C(=O)NCCCCN)nn2)c1. The highest BCUT2D eigenvalue weighted by Crippen LogP contribution is 2.09. The lowest BCUT2D eigenvalue weighted by Crippen LogP contribution is -2.25. The molecule has 0 fully saturated rings. The van der Waals surface area contributed by atoms with Gasteiger partial charge in [-0.1, -0.05) is 17.3 Å². The highest BCUT2D eigenvalue weighted by atomic mass is 16.2. The Bertz CT molecular complexity index is 578. The molecule has 0 saturated heterocycles. The molecule has 0 unspecified atom stereocenters. The zero-order chi connectivity index (χ0) is 14.4. The van der Waals surface area contributed by atoms with Gasteiger partial charge in [-0.25, -0.2) is 4.68 Å². The summed E-state index contributed by atoms with van der Waals surface area (Å²) in [6, 6.07) is 7.85. The molecule has 106 valence electrons. The summed E-state index contributed by atoms with van der Waals surface area (Å²) < 4.78 is 1.60. The number of unbranched alkanes of at least 4 members (excludes halogenated alkanes) is 1. The third-order valence-corrected chi connectivity index (χ3v) is 2.91. The third kappa shape index (κ3) is 3.64. The number of nitrogens with one attached hydrogen (secondary N) is 1. The first-order valence-corrected chi connectivity index (χ1v) is 6.68. The van der Waals surface area contributed by atoms with Crippen molar-refractivity contribution < 1.29 is 4.79 Å². The molecule has 0 radical (unpaired) electrons. The number of carbonyl (C=O) groups is 1. The van der Waals surface area contributed by atoms with Crippen LogP contribution in [-0.4, -0.2) is 34.0 Å². The summed E-state index contributed by atoms with van der Waals surface area (Å²) in [7, 11) is 0. The minimum Gasteiger partial charge on any atom is -0.351 e. The van der Waals surface area contributed by atoms with Crippen molar-refractivity contribution in [3.05, 3.63) is 41.7 Å². The number of benzene rings is 1. The zero-order valence-electron chi connectivity index (χ0n) is 11.5. The quantitative estimate of drug-likeness (QED) is 0.770. The fraction of sp³-hybridized carbons (Fsp3) is 0.357. The van der Waals surface area contributed by atoms with Crippen LogP contribution >= 0.6 is 0 Å². The van der Waals surface area contributed by atoms with E-state index in [4.69, 9.17) is 5.73 Å². The molecule has 3 N–H and O–H groups in total. The van der Waals surface area contributed by atoms with E-state index in [1.807, 2.05) is 31.2 Å². The predicted octanol–water partition coefficient (Wildman–Crippen LogP) is 1.04. The van der Waals surface area contributed by atoms with E-state index in [0.29, 0.717) is 18.8 Å². The summed E-state index contributed by atoms with van der Waals surface area (Å²) in [5, 5.41) is 10.7. The number of carbonyl (C=O) groups excluding carboxylic acids is 1. The topological polar surface area (TPSA) is 85.8 Å². The molecular formula is C14H19N5O. The van der Waals surface area contributed by atoms with Gasteiger partial charge in [0.1, 0.15) is 0 Å². The zero-order valence-corrected chi connectivity index (χ0v) is 11.5. The number of rotatable bonds is 6. The molecular weight excluding hydrogens is 254 g/mol. The maximum Gasteiger partial charge on any atom is 0.273 e. The molecule has 6 heteroatoms. The van der Waals surface area contributed by atoms with Crippen LogP contribution in [0.4, 0.5) is 0 Å². The molecule has 20 heavy (non-hydrogen) atoms. The van der Waals surface area contributed by atoms with Gasteiger partial charge in [-0.3, -0.25) is 4.79 Å². The van der Waals surface area contributed by atoms with Gasteiger partial charge in [0, 0.05) is 6.54 Å². The number of amides is 1. The Morgan fingerprint density at radius 1 is 1.40 bits per heavy atom. The number of hydrogen-bond acceptors (Lipinski definition) is 4. The highest BCUT2D eigenvalue weighted by molar-refractivity contribution is 5.91. The summed E-state index contributed by atoms with van der Waals surface area (Å²) in [5.41, 5.74) is 7.74. The second kappa shape index (κ2) is 6.81. The fourth-order valence-corrected chi connectivity index (χ4v) is 1.83. The van der Waals surface area contributed by atoms with E-state index in [1.165, 1.54) is 0 Å². The first kappa shape index (κ1) is 14.2. The average molecular weight is 273 g/mol. The summed E-state index contributed by atoms with van der Waals surface area (Å²) >= 11 is 0. The second-order valence-electron chi connectivity index (χ2n) is 4.64. The number of nitrogens with zero attached hydrogens (tertiary/aromatic N) is 3. The van der Waals surface area contributed by atoms with Crippen LogP contribution in [0.25, 0.3) is 5.69 Å². The molecule has 1 aromatic heterocycles. The van der Waals surface area contributed by atoms with Crippen molar-refractivity contribution in [3.8, 4) is 5.69 Å². The molecule has 0 aliphatic heterocycles. The molecule has 1 amide bonds. The lowest BCUT2D eigenvalue weighted by molar-refractivity contribution is 0.0948. The Balaban J connectivity index is 2.00. The van der Waals surface area contributed by atoms with E-state index in [9.17, 15) is 4.79 Å². The van der Waals surface area contributed by atoms with Crippen LogP contribution in [0.3, 0.4) is 0 Å². The van der Waals surface area contributed by atoms with E-state index in [-0.39, 0.29) is 5.91 Å². The Kier molecular flexibility index (Phi) is 4.84. The smallest absolute Gasteiger partial charge is 0.273 e. The van der Waals surface area contributed by atoms with Crippen molar-refractivity contribution >= 4 is 5.91 Å². The van der Waals surface area contributed by atoms with Gasteiger partial charge in [-0.15, -0.1) is 5.10 Å². The summed E-state index contributed by atoms with van der Waals surface area (Å²) in [6.45, 7) is 3.25. The molecule has 6 nitrogen and oxygen atoms in total. The Morgan fingerprint density at radius 2 is 2.25 bits per heavy atom. The molecule has 0 bridgehead atoms. The minimum absolute atomic E-state index is 0.207. The number of nitrogens with two attached hydrogens (primary N) is 1. The van der Waals surface area contributed by atoms with Gasteiger partial charge >= 0.3 is 0 Å². The normalized spacial score (nSPS) is 10.5. The first-order chi connectivity index (χ1) is 9.70. The van der Waals surface area contributed by atoms with Crippen molar-refractivity contribution in [2.75, 3.05) is 13.1 Å². The van der Waals surface area contributed by atoms with E-state index in [2.05, 4.69) is 15.6 Å². The van der Waals surface area contributed by atoms with E-state index in [0.717, 1.165) is 24.1 Å². The fourth-order valence-electron chi connectivity index (χ4n) is 1.83. The van der Waals surface area contributed by atoms with Gasteiger partial charge in [-0.2, -0.15) is 0 Å². The summed E-state index contributed by atoms with van der Waals surface area (Å²) in [5.74, 6) is -0.207. The van der Waals surface area contributed by atoms with Gasteiger partial charge in [0.25, 0.3) is 5.91 Å². The molecule has 0 spiro atoms. The van der Waals surface area contributed by atoms with Crippen LogP contribution in [0.1, 0.15) is 28.9 Å². The van der Waals surface area contributed by atoms with Crippen molar-refractivity contribution in [2.45, 2.75) is 19.8 Å². The predicted molar refractivity (Wildman–Crippen MR) is 76.7 cm³/mol. The van der Waals surface area contributed by atoms with E-state index in [1.54, 1.807) is 10.9 Å². The third-order valence-electron chi connectivity index (χ3n) is 2.91. The van der Waals surface area contributed by atoms with Crippen LogP contribution in [0.5, 0.6) is 0 Å². The van der Waals surface area contributed by atoms with Crippen LogP contribution in [0.15, 0.2) is 30.5 Å². The number of aromatic nitrogens is 3. The molecule has 0 atom stereocenters. The average Bonchev–Trinajstić information content (AvgIpc) is 2.93. The molecule has 1 aromatic carbocycles. The number of hydrogen-bond donors (Lipinski definition) is 2. The van der Waals surface area contributed by atoms with E-state index < -0.39 is 0 Å². The van der Waals surface area contributed by atoms with Gasteiger partial charge in [-0.05, 0) is 44.0 Å². The molecule has 0 aliphatic rings. The summed E-state index contributed by atoms with van der Waals surface area (Å²) in [6.07, 6.45) is 3.40. The van der Waals surface area contributed by atoms with Gasteiger partial charge in [0.2, 0.25) is 0 Å². The summed E-state index contributed by atoms with van der Waals surface area (Å²) in [4.78, 5) is 11.9. The lowest BCUT2D eigenvalue weighted by Gasteiger charge is -2.01. The molecule has 1 heterocycles. The van der Waals surface area contributed by atoms with E-state index >= 15 is 0 Å². The second-order valence-corrected chi connectivity index (χ2v) is 4.64. The van der Waals surface area contributed by atoms with Gasteiger partial charge < -0.3 is 11.1 Å². The van der Waals surface area contributed by atoms with Crippen molar-refractivity contribution in [1.82, 2.24) is 20.3 Å². The molecule has 2 aromatic rings. The van der Waals surface area contributed by atoms with Crippen molar-refractivity contribution in [3.63, 3.8) is 0 Å². The van der Waals surface area contributed by atoms with Crippen LogP contribution < -0.4 is 11.1 Å². The standard InChI is InChI=1S/C14H19N5O/c1-11-5-4-6-12(9-11)19-10-13(17-18-19)14(20)16-8-3-2-7-15/h4-6,9-10H,2-3,7-8,15H2,1H3,(H,16,20). The van der Waals surface area contributed by atoms with Crippen LogP contribution in [0, 0.1) is 6.92 Å².